The molecule has 3 aliphatic rings. The first kappa shape index (κ1) is 22.4. The molecular formula is C25H25Cl2N3O3. The molecule has 2 saturated heterocycles. The molecule has 1 spiro atoms. The zero-order valence-corrected chi connectivity index (χ0v) is 20.2. The van der Waals surface area contributed by atoms with Crippen LogP contribution in [-0.4, -0.2) is 35.7 Å². The van der Waals surface area contributed by atoms with Gasteiger partial charge in [-0.05, 0) is 36.1 Å². The molecule has 1 N–H and O–H groups in total. The quantitative estimate of drug-likeness (QED) is 0.664. The maximum Gasteiger partial charge on any atom is 0.253 e. The van der Waals surface area contributed by atoms with Crippen LogP contribution in [0.5, 0.6) is 0 Å². The Kier molecular flexibility index (Phi) is 5.31. The van der Waals surface area contributed by atoms with E-state index in [1.54, 1.807) is 17.0 Å². The lowest BCUT2D eigenvalue weighted by molar-refractivity contribution is -0.141. The molecule has 2 aromatic carbocycles. The highest BCUT2D eigenvalue weighted by Gasteiger charge is 2.71. The number of amides is 3. The van der Waals surface area contributed by atoms with Gasteiger partial charge in [-0.1, -0.05) is 61.3 Å². The number of para-hydroxylation sites is 1. The molecule has 33 heavy (non-hydrogen) atoms. The summed E-state index contributed by atoms with van der Waals surface area (Å²) in [4.78, 5) is 43.5. The molecule has 0 aromatic heterocycles. The molecule has 2 aromatic rings. The minimum absolute atomic E-state index is 0.215. The molecule has 5 rings (SSSR count). The van der Waals surface area contributed by atoms with Crippen LogP contribution in [0, 0.1) is 17.8 Å². The van der Waals surface area contributed by atoms with Gasteiger partial charge in [0, 0.05) is 24.3 Å². The van der Waals surface area contributed by atoms with Crippen molar-refractivity contribution in [1.82, 2.24) is 10.2 Å². The number of halogens is 2. The van der Waals surface area contributed by atoms with Crippen molar-refractivity contribution in [2.75, 3.05) is 11.9 Å². The maximum absolute atomic E-state index is 14.2. The number of carbonyl (C=O) groups excluding carboxylic acids is 3. The number of benzene rings is 2. The predicted molar refractivity (Wildman–Crippen MR) is 127 cm³/mol. The number of rotatable bonds is 4. The van der Waals surface area contributed by atoms with Crippen LogP contribution in [0.4, 0.5) is 5.69 Å². The van der Waals surface area contributed by atoms with Crippen LogP contribution in [0.2, 0.25) is 10.0 Å². The van der Waals surface area contributed by atoms with E-state index in [0.29, 0.717) is 22.4 Å². The predicted octanol–water partition coefficient (Wildman–Crippen LogP) is 3.98. The molecule has 0 unspecified atom stereocenters. The third-order valence-electron chi connectivity index (χ3n) is 7.14. The van der Waals surface area contributed by atoms with E-state index in [4.69, 9.17) is 23.2 Å². The Morgan fingerprint density at radius 2 is 1.76 bits per heavy atom. The minimum atomic E-state index is -1.27. The van der Waals surface area contributed by atoms with Crippen LogP contribution >= 0.6 is 23.2 Å². The standard InChI is InChI=1S/C25H25Cl2N3O3/c1-13(2)10-18-20-21(23(32)29(3)22(20)31)25(28-18)15-6-4-5-7-19(15)30(24(25)33)12-14-8-9-16(26)17(27)11-14/h4-9,11,13,18,20-21,28H,10,12H2,1-3H3/t18-,20+,21+,25-/m0/s1. The third kappa shape index (κ3) is 3.15. The molecule has 0 saturated carbocycles. The first-order valence-corrected chi connectivity index (χ1v) is 11.9. The second kappa shape index (κ2) is 7.83. The summed E-state index contributed by atoms with van der Waals surface area (Å²) in [6.07, 6.45) is 0.692. The third-order valence-corrected chi connectivity index (χ3v) is 7.88. The summed E-state index contributed by atoms with van der Waals surface area (Å²) in [7, 11) is 1.52. The summed E-state index contributed by atoms with van der Waals surface area (Å²) in [6, 6.07) is 12.5. The van der Waals surface area contributed by atoms with Crippen LogP contribution in [0.25, 0.3) is 0 Å². The fourth-order valence-corrected chi connectivity index (χ4v) is 6.10. The molecule has 3 amide bonds. The van der Waals surface area contributed by atoms with Crippen molar-refractivity contribution in [3.63, 3.8) is 0 Å². The van der Waals surface area contributed by atoms with Crippen molar-refractivity contribution < 1.29 is 14.4 Å². The molecular weight excluding hydrogens is 461 g/mol. The Morgan fingerprint density at radius 1 is 1.03 bits per heavy atom. The number of nitrogens with one attached hydrogen (secondary N) is 1. The SMILES string of the molecule is CC(C)C[C@@H]1N[C@]2(C(=O)N(Cc3ccc(Cl)c(Cl)c3)c3ccccc32)[C@H]2C(=O)N(C)C(=O)[C@H]12. The molecule has 3 heterocycles. The summed E-state index contributed by atoms with van der Waals surface area (Å²) in [5, 5.41) is 4.38. The van der Waals surface area contributed by atoms with E-state index in [1.807, 2.05) is 30.3 Å². The average Bonchev–Trinajstić information content (AvgIpc) is 3.31. The molecule has 0 bridgehead atoms. The molecule has 2 fully saturated rings. The summed E-state index contributed by atoms with van der Waals surface area (Å²) in [5.41, 5.74) is 1.03. The minimum Gasteiger partial charge on any atom is -0.306 e. The summed E-state index contributed by atoms with van der Waals surface area (Å²) in [5.74, 6) is -1.77. The van der Waals surface area contributed by atoms with Gasteiger partial charge in [0.05, 0.1) is 28.4 Å². The average molecular weight is 486 g/mol. The van der Waals surface area contributed by atoms with Gasteiger partial charge in [-0.3, -0.25) is 24.6 Å². The van der Waals surface area contributed by atoms with E-state index in [-0.39, 0.29) is 30.3 Å². The van der Waals surface area contributed by atoms with Gasteiger partial charge in [0.15, 0.2) is 0 Å². The number of nitrogens with zero attached hydrogens (tertiary/aromatic N) is 2. The van der Waals surface area contributed by atoms with Gasteiger partial charge in [-0.2, -0.15) is 0 Å². The van der Waals surface area contributed by atoms with E-state index in [2.05, 4.69) is 19.2 Å². The second-order valence-electron chi connectivity index (χ2n) is 9.58. The van der Waals surface area contributed by atoms with Crippen LogP contribution < -0.4 is 10.2 Å². The Hall–Kier alpha value is -2.41. The Balaban J connectivity index is 1.63. The van der Waals surface area contributed by atoms with Crippen LogP contribution in [0.3, 0.4) is 0 Å². The first-order valence-electron chi connectivity index (χ1n) is 11.1. The summed E-state index contributed by atoms with van der Waals surface area (Å²) in [6.45, 7) is 4.43. The zero-order valence-electron chi connectivity index (χ0n) is 18.6. The van der Waals surface area contributed by atoms with Crippen molar-refractivity contribution in [3.8, 4) is 0 Å². The van der Waals surface area contributed by atoms with Crippen molar-refractivity contribution in [3.05, 3.63) is 63.6 Å². The number of hydrogen-bond donors (Lipinski definition) is 1. The van der Waals surface area contributed by atoms with Gasteiger partial charge >= 0.3 is 0 Å². The van der Waals surface area contributed by atoms with Gasteiger partial charge in [0.25, 0.3) is 5.91 Å². The number of hydrogen-bond acceptors (Lipinski definition) is 4. The molecule has 0 radical (unpaired) electrons. The number of carbonyl (C=O) groups is 3. The van der Waals surface area contributed by atoms with E-state index >= 15 is 0 Å². The summed E-state index contributed by atoms with van der Waals surface area (Å²) >= 11 is 12.3. The zero-order chi connectivity index (χ0) is 23.7. The van der Waals surface area contributed by atoms with Gasteiger partial charge in [-0.15, -0.1) is 0 Å². The van der Waals surface area contributed by atoms with E-state index in [9.17, 15) is 14.4 Å². The Bertz CT molecular complexity index is 1180. The lowest BCUT2D eigenvalue weighted by Gasteiger charge is -2.30. The van der Waals surface area contributed by atoms with Gasteiger partial charge in [-0.25, -0.2) is 0 Å². The topological polar surface area (TPSA) is 69.7 Å². The fraction of sp³-hybridized carbons (Fsp3) is 0.400. The van der Waals surface area contributed by atoms with Gasteiger partial charge in [0.2, 0.25) is 11.8 Å². The summed E-state index contributed by atoms with van der Waals surface area (Å²) < 4.78 is 0. The number of fused-ring (bicyclic) bond motifs is 4. The molecule has 4 atom stereocenters. The van der Waals surface area contributed by atoms with E-state index < -0.39 is 17.4 Å². The highest BCUT2D eigenvalue weighted by molar-refractivity contribution is 6.42. The van der Waals surface area contributed by atoms with Crippen LogP contribution in [-0.2, 0) is 26.5 Å². The van der Waals surface area contributed by atoms with Crippen molar-refractivity contribution in [1.29, 1.82) is 0 Å². The first-order chi connectivity index (χ1) is 15.7. The molecule has 172 valence electrons. The van der Waals surface area contributed by atoms with Crippen molar-refractivity contribution in [2.24, 2.45) is 17.8 Å². The van der Waals surface area contributed by atoms with E-state index in [0.717, 1.165) is 16.8 Å². The van der Waals surface area contributed by atoms with Gasteiger partial charge in [0.1, 0.15) is 5.54 Å². The monoisotopic (exact) mass is 485 g/mol. The fourth-order valence-electron chi connectivity index (χ4n) is 5.78. The van der Waals surface area contributed by atoms with E-state index in [1.165, 1.54) is 11.9 Å². The number of anilines is 1. The Morgan fingerprint density at radius 3 is 2.45 bits per heavy atom. The second-order valence-corrected chi connectivity index (χ2v) is 10.4. The molecule has 8 heteroatoms. The number of imide groups is 1. The smallest absolute Gasteiger partial charge is 0.253 e. The molecule has 3 aliphatic heterocycles. The highest BCUT2D eigenvalue weighted by Crippen LogP contribution is 2.55. The largest absolute Gasteiger partial charge is 0.306 e. The molecule has 6 nitrogen and oxygen atoms in total. The Labute approximate surface area is 202 Å². The number of likely N-dealkylation sites (tertiary alicyclic amines) is 1. The normalized spacial score (nSPS) is 28.4. The van der Waals surface area contributed by atoms with Crippen molar-refractivity contribution >= 4 is 46.6 Å². The molecule has 0 aliphatic carbocycles. The lowest BCUT2D eigenvalue weighted by atomic mass is 9.76. The van der Waals surface area contributed by atoms with Gasteiger partial charge < -0.3 is 4.90 Å². The van der Waals surface area contributed by atoms with Crippen LogP contribution in [0.15, 0.2) is 42.5 Å². The highest BCUT2D eigenvalue weighted by atomic mass is 35.5. The van der Waals surface area contributed by atoms with Crippen LogP contribution in [0.1, 0.15) is 31.4 Å². The maximum atomic E-state index is 14.2. The van der Waals surface area contributed by atoms with Crippen molar-refractivity contribution in [2.45, 2.75) is 38.4 Å². The lowest BCUT2D eigenvalue weighted by Crippen LogP contribution is -2.54.